The predicted octanol–water partition coefficient (Wildman–Crippen LogP) is 1.76. The Morgan fingerprint density at radius 3 is 2.48 bits per heavy atom. The molecular formula is C14H14N6O4S. The van der Waals surface area contributed by atoms with Crippen molar-refractivity contribution in [3.05, 3.63) is 51.3 Å². The molecule has 2 aromatic heterocycles. The molecule has 0 radical (unpaired) electrons. The molecule has 0 fully saturated rings. The van der Waals surface area contributed by atoms with E-state index in [-0.39, 0.29) is 17.2 Å². The fourth-order valence-corrected chi connectivity index (χ4v) is 3.35. The van der Waals surface area contributed by atoms with Gasteiger partial charge in [-0.3, -0.25) is 14.8 Å². The highest BCUT2D eigenvalue weighted by Crippen LogP contribution is 2.33. The van der Waals surface area contributed by atoms with Crippen LogP contribution in [0.5, 0.6) is 0 Å². The highest BCUT2D eigenvalue weighted by Gasteiger charge is 2.27. The lowest BCUT2D eigenvalue weighted by atomic mass is 10.1. The van der Waals surface area contributed by atoms with Crippen molar-refractivity contribution >= 4 is 27.2 Å². The zero-order valence-electron chi connectivity index (χ0n) is 13.6. The largest absolute Gasteiger partial charge is 0.299 e. The van der Waals surface area contributed by atoms with Gasteiger partial charge < -0.3 is 0 Å². The summed E-state index contributed by atoms with van der Waals surface area (Å²) >= 11 is 0. The lowest BCUT2D eigenvalue weighted by Gasteiger charge is -2.10. The van der Waals surface area contributed by atoms with E-state index in [2.05, 4.69) is 19.8 Å². The molecule has 130 valence electrons. The van der Waals surface area contributed by atoms with Crippen LogP contribution in [0, 0.1) is 30.9 Å². The summed E-state index contributed by atoms with van der Waals surface area (Å²) in [5, 5.41) is 14.7. The molecule has 10 nitrogen and oxygen atoms in total. The molecule has 0 saturated carbocycles. The highest BCUT2D eigenvalue weighted by atomic mass is 32.2. The molecule has 1 aromatic carbocycles. The van der Waals surface area contributed by atoms with Crippen molar-refractivity contribution in [2.24, 2.45) is 0 Å². The molecule has 25 heavy (non-hydrogen) atoms. The van der Waals surface area contributed by atoms with Crippen LogP contribution in [-0.2, 0) is 10.0 Å². The molecule has 3 aromatic rings. The maximum Gasteiger partial charge on any atom is 0.299 e. The zero-order valence-corrected chi connectivity index (χ0v) is 14.4. The smallest absolute Gasteiger partial charge is 0.270 e. The SMILES string of the molecule is Cc1ccc(C)c([N+](=O)[O-])c1NS(=O)(=O)c1nc2nccc(C)n2n1. The van der Waals surface area contributed by atoms with Crippen molar-refractivity contribution < 1.29 is 13.3 Å². The van der Waals surface area contributed by atoms with Crippen LogP contribution in [0.3, 0.4) is 0 Å². The van der Waals surface area contributed by atoms with E-state index in [1.165, 1.54) is 17.6 Å². The second kappa shape index (κ2) is 5.77. The fourth-order valence-electron chi connectivity index (χ4n) is 2.34. The van der Waals surface area contributed by atoms with Gasteiger partial charge in [-0.2, -0.15) is 13.4 Å². The van der Waals surface area contributed by atoms with Gasteiger partial charge in [0, 0.05) is 17.5 Å². The van der Waals surface area contributed by atoms with Gasteiger partial charge in [0.1, 0.15) is 5.69 Å². The van der Waals surface area contributed by atoms with E-state index >= 15 is 0 Å². The van der Waals surface area contributed by atoms with Crippen molar-refractivity contribution in [3.63, 3.8) is 0 Å². The zero-order chi connectivity index (χ0) is 18.4. The van der Waals surface area contributed by atoms with Gasteiger partial charge in [0.25, 0.3) is 26.6 Å². The summed E-state index contributed by atoms with van der Waals surface area (Å²) in [5.41, 5.74) is 1.000. The fraction of sp³-hybridized carbons (Fsp3) is 0.214. The van der Waals surface area contributed by atoms with Gasteiger partial charge in [-0.25, -0.2) is 9.50 Å². The molecule has 0 amide bonds. The lowest BCUT2D eigenvalue weighted by Crippen LogP contribution is -2.17. The molecule has 0 unspecified atom stereocenters. The molecule has 0 aliphatic heterocycles. The van der Waals surface area contributed by atoms with Gasteiger partial charge in [-0.05, 0) is 32.4 Å². The molecule has 0 aliphatic rings. The number of rotatable bonds is 4. The third-order valence-corrected chi connectivity index (χ3v) is 4.78. The number of nitrogens with one attached hydrogen (secondary N) is 1. The molecular weight excluding hydrogens is 348 g/mol. The van der Waals surface area contributed by atoms with Crippen LogP contribution < -0.4 is 4.72 Å². The Kier molecular flexibility index (Phi) is 3.87. The van der Waals surface area contributed by atoms with E-state index in [1.54, 1.807) is 32.0 Å². The number of nitro benzene ring substituents is 1. The molecule has 2 heterocycles. The second-order valence-corrected chi connectivity index (χ2v) is 7.05. The van der Waals surface area contributed by atoms with Crippen molar-refractivity contribution in [2.75, 3.05) is 4.72 Å². The number of anilines is 1. The summed E-state index contributed by atoms with van der Waals surface area (Å²) in [5.74, 6) is 0.121. The van der Waals surface area contributed by atoms with Crippen LogP contribution in [0.2, 0.25) is 0 Å². The number of nitro groups is 1. The Bertz CT molecular complexity index is 1110. The van der Waals surface area contributed by atoms with Crippen molar-refractivity contribution in [1.29, 1.82) is 0 Å². The van der Waals surface area contributed by atoms with E-state index in [0.29, 0.717) is 16.8 Å². The first-order chi connectivity index (χ1) is 11.7. The van der Waals surface area contributed by atoms with Crippen LogP contribution in [0.25, 0.3) is 5.78 Å². The second-order valence-electron chi connectivity index (χ2n) is 5.48. The minimum absolute atomic E-state index is 0.103. The first-order valence-corrected chi connectivity index (χ1v) is 8.65. The summed E-state index contributed by atoms with van der Waals surface area (Å²) in [6, 6.07) is 4.81. The third kappa shape index (κ3) is 2.89. The van der Waals surface area contributed by atoms with Crippen LogP contribution in [0.15, 0.2) is 29.6 Å². The molecule has 1 N–H and O–H groups in total. The Labute approximate surface area is 142 Å². The van der Waals surface area contributed by atoms with Crippen LogP contribution in [0.4, 0.5) is 11.4 Å². The summed E-state index contributed by atoms with van der Waals surface area (Å²) in [7, 11) is -4.22. The molecule has 0 saturated heterocycles. The number of hydrogen-bond acceptors (Lipinski definition) is 7. The Morgan fingerprint density at radius 1 is 1.16 bits per heavy atom. The predicted molar refractivity (Wildman–Crippen MR) is 88.9 cm³/mol. The summed E-state index contributed by atoms with van der Waals surface area (Å²) in [4.78, 5) is 18.5. The topological polar surface area (TPSA) is 132 Å². The number of sulfonamides is 1. The molecule has 11 heteroatoms. The molecule has 0 bridgehead atoms. The van der Waals surface area contributed by atoms with Crippen LogP contribution >= 0.6 is 0 Å². The maximum absolute atomic E-state index is 12.6. The lowest BCUT2D eigenvalue weighted by molar-refractivity contribution is -0.384. The number of benzene rings is 1. The van der Waals surface area contributed by atoms with E-state index in [9.17, 15) is 18.5 Å². The number of hydrogen-bond donors (Lipinski definition) is 1. The van der Waals surface area contributed by atoms with E-state index < -0.39 is 20.1 Å². The van der Waals surface area contributed by atoms with Crippen molar-refractivity contribution in [3.8, 4) is 0 Å². The molecule has 0 spiro atoms. The van der Waals surface area contributed by atoms with Gasteiger partial charge >= 0.3 is 0 Å². The highest BCUT2D eigenvalue weighted by molar-refractivity contribution is 7.92. The number of aromatic nitrogens is 4. The molecule has 0 atom stereocenters. The Morgan fingerprint density at radius 2 is 1.84 bits per heavy atom. The van der Waals surface area contributed by atoms with Gasteiger partial charge in [0.2, 0.25) is 0 Å². The van der Waals surface area contributed by atoms with Crippen LogP contribution in [0.1, 0.15) is 16.8 Å². The first kappa shape index (κ1) is 16.8. The van der Waals surface area contributed by atoms with Crippen molar-refractivity contribution in [2.45, 2.75) is 25.9 Å². The average molecular weight is 362 g/mol. The van der Waals surface area contributed by atoms with E-state index in [4.69, 9.17) is 0 Å². The van der Waals surface area contributed by atoms with Crippen molar-refractivity contribution in [1.82, 2.24) is 19.6 Å². The number of fused-ring (bicyclic) bond motifs is 1. The maximum atomic E-state index is 12.6. The first-order valence-electron chi connectivity index (χ1n) is 7.16. The Hall–Kier alpha value is -3.08. The van der Waals surface area contributed by atoms with Gasteiger partial charge in [0.05, 0.1) is 4.92 Å². The third-order valence-electron chi connectivity index (χ3n) is 3.66. The standard InChI is InChI=1S/C14H14N6O4S/c1-8-4-5-9(2)12(20(21)22)11(8)18-25(23,24)14-16-13-15-7-6-10(3)19(13)17-14/h4-7,18H,1-3H3. The minimum atomic E-state index is -4.22. The van der Waals surface area contributed by atoms with Gasteiger partial charge in [-0.1, -0.05) is 12.1 Å². The summed E-state index contributed by atoms with van der Waals surface area (Å²) in [6.07, 6.45) is 1.48. The number of nitrogens with zero attached hydrogens (tertiary/aromatic N) is 5. The molecule has 0 aliphatic carbocycles. The monoisotopic (exact) mass is 362 g/mol. The summed E-state index contributed by atoms with van der Waals surface area (Å²) < 4.78 is 28.8. The average Bonchev–Trinajstić information content (AvgIpc) is 2.97. The summed E-state index contributed by atoms with van der Waals surface area (Å²) in [6.45, 7) is 4.83. The van der Waals surface area contributed by atoms with E-state index in [0.717, 1.165) is 0 Å². The van der Waals surface area contributed by atoms with E-state index in [1.807, 2.05) is 0 Å². The Balaban J connectivity index is 2.12. The minimum Gasteiger partial charge on any atom is -0.270 e. The normalized spacial score (nSPS) is 11.6. The van der Waals surface area contributed by atoms with Gasteiger partial charge in [0.15, 0.2) is 0 Å². The number of aryl methyl sites for hydroxylation is 3. The van der Waals surface area contributed by atoms with Crippen LogP contribution in [-0.4, -0.2) is 32.9 Å². The molecule has 3 rings (SSSR count). The van der Waals surface area contributed by atoms with Gasteiger partial charge in [-0.15, -0.1) is 5.10 Å². The quantitative estimate of drug-likeness (QED) is 0.552.